The maximum absolute atomic E-state index is 10.9. The molecule has 0 saturated heterocycles. The summed E-state index contributed by atoms with van der Waals surface area (Å²) in [6, 6.07) is 32.1. The largest absolute Gasteiger partial charge is 2.00 e. The Bertz CT molecular complexity index is 970. The van der Waals surface area contributed by atoms with E-state index in [1.165, 1.54) is 0 Å². The summed E-state index contributed by atoms with van der Waals surface area (Å²) in [7, 11) is 1.59. The van der Waals surface area contributed by atoms with E-state index in [0.717, 1.165) is 49.0 Å². The van der Waals surface area contributed by atoms with E-state index in [1.807, 2.05) is 62.4 Å². The van der Waals surface area contributed by atoms with Gasteiger partial charge in [-0.25, -0.2) is 0 Å². The minimum atomic E-state index is -0.128. The molecule has 0 fully saturated rings. The molecule has 0 saturated carbocycles. The monoisotopic (exact) mass is 821 g/mol. The molecule has 0 atom stereocenters. The zero-order valence-electron chi connectivity index (χ0n) is 20.8. The van der Waals surface area contributed by atoms with Crippen LogP contribution in [0.25, 0.3) is 0 Å². The van der Waals surface area contributed by atoms with E-state index in [-0.39, 0.29) is 48.0 Å². The molecule has 1 amide bonds. The molecular formula is C28H31N5OW2. The van der Waals surface area contributed by atoms with Crippen LogP contribution < -0.4 is 16.0 Å². The second-order valence-electron chi connectivity index (χ2n) is 6.67. The molecule has 5 rings (SSSR count). The molecule has 3 N–H and O–H groups in total. The number of nitrogens with zero attached hydrogens (tertiary/aromatic N) is 2. The number of amidine groups is 2. The van der Waals surface area contributed by atoms with Gasteiger partial charge < -0.3 is 20.7 Å². The van der Waals surface area contributed by atoms with Crippen LogP contribution in [0.1, 0.15) is 35.3 Å². The fourth-order valence-corrected chi connectivity index (χ4v) is 2.89. The average Bonchev–Trinajstić information content (AvgIpc) is 3.67. The molecule has 2 aliphatic heterocycles. The first kappa shape index (κ1) is 33.4. The van der Waals surface area contributed by atoms with Crippen LogP contribution in [0.3, 0.4) is 0 Å². The molecule has 0 bridgehead atoms. The van der Waals surface area contributed by atoms with Crippen LogP contribution in [0.15, 0.2) is 76.7 Å². The Morgan fingerprint density at radius 1 is 0.778 bits per heavy atom. The quantitative estimate of drug-likeness (QED) is 0.356. The van der Waals surface area contributed by atoms with Gasteiger partial charge in [-0.15, -0.1) is 0 Å². The van der Waals surface area contributed by atoms with Crippen molar-refractivity contribution >= 4 is 17.6 Å². The van der Waals surface area contributed by atoms with Crippen LogP contribution in [0.5, 0.6) is 0 Å². The topological polar surface area (TPSA) is 77.9 Å². The third-order valence-corrected chi connectivity index (χ3v) is 4.45. The Hall–Kier alpha value is -2.55. The standard InChI is InChI=1S/2C9H9N2.C8H7NO.C2H6.2W/c2*1-2-4-8(5-3-1)9-10-6-7-11-9;1-9-8(10)7-5-3-2-4-6-7;1-2;;/h2*2-5H,6-7H2,(H,10,11);2-3,6H,1H3,(H,9,10);1-2H3;;/q2*-1;-2;;2*+2. The minimum Gasteiger partial charge on any atom is -0.404 e. The summed E-state index contributed by atoms with van der Waals surface area (Å²) in [5.74, 6) is 1.90. The second-order valence-corrected chi connectivity index (χ2v) is 6.67. The van der Waals surface area contributed by atoms with Crippen LogP contribution in [0.2, 0.25) is 0 Å². The van der Waals surface area contributed by atoms with Crippen molar-refractivity contribution in [3.05, 3.63) is 108 Å². The zero-order valence-corrected chi connectivity index (χ0v) is 26.7. The van der Waals surface area contributed by atoms with E-state index in [1.54, 1.807) is 25.2 Å². The summed E-state index contributed by atoms with van der Waals surface area (Å²) >= 11 is 0. The SMILES string of the molecule is CC.CNC(=O)c1[c-]cc[c-]c1.[W+2].[W+2].[c-]1ccc(C2=NCCN2)cc1.[c-]1ccc(C2=NCCN2)cc1. The van der Waals surface area contributed by atoms with Crippen molar-refractivity contribution in [2.24, 2.45) is 9.98 Å². The number of rotatable bonds is 3. The number of nitrogens with one attached hydrogen (secondary N) is 3. The van der Waals surface area contributed by atoms with Crippen molar-refractivity contribution in [2.75, 3.05) is 33.2 Å². The Kier molecular flexibility index (Phi) is 19.2. The number of amides is 1. The van der Waals surface area contributed by atoms with E-state index in [0.29, 0.717) is 5.56 Å². The van der Waals surface area contributed by atoms with E-state index >= 15 is 0 Å². The molecule has 6 nitrogen and oxygen atoms in total. The molecule has 36 heavy (non-hydrogen) atoms. The van der Waals surface area contributed by atoms with Crippen LogP contribution >= 0.6 is 0 Å². The van der Waals surface area contributed by atoms with E-state index in [9.17, 15) is 4.79 Å². The fraction of sp³-hybridized carbons (Fsp3) is 0.250. The van der Waals surface area contributed by atoms with Gasteiger partial charge in [-0.05, 0) is 7.05 Å². The van der Waals surface area contributed by atoms with E-state index in [2.05, 4.69) is 50.2 Å². The molecule has 0 aliphatic carbocycles. The summed E-state index contributed by atoms with van der Waals surface area (Å²) < 4.78 is 0. The summed E-state index contributed by atoms with van der Waals surface area (Å²) in [6.45, 7) is 7.73. The van der Waals surface area contributed by atoms with Crippen molar-refractivity contribution in [1.82, 2.24) is 16.0 Å². The van der Waals surface area contributed by atoms with Crippen molar-refractivity contribution in [3.63, 3.8) is 0 Å². The second kappa shape index (κ2) is 20.6. The molecule has 0 unspecified atom stereocenters. The fourth-order valence-electron chi connectivity index (χ4n) is 2.89. The van der Waals surface area contributed by atoms with Gasteiger partial charge in [0.05, 0.1) is 13.1 Å². The summed E-state index contributed by atoms with van der Waals surface area (Å²) in [4.78, 5) is 19.4. The van der Waals surface area contributed by atoms with Gasteiger partial charge in [-0.3, -0.25) is 40.3 Å². The van der Waals surface area contributed by atoms with Gasteiger partial charge in [0, 0.05) is 13.1 Å². The van der Waals surface area contributed by atoms with Gasteiger partial charge >= 0.3 is 42.1 Å². The van der Waals surface area contributed by atoms with Crippen molar-refractivity contribution in [2.45, 2.75) is 13.8 Å². The zero-order chi connectivity index (χ0) is 24.4. The molecule has 3 aromatic carbocycles. The third kappa shape index (κ3) is 11.9. The van der Waals surface area contributed by atoms with Crippen molar-refractivity contribution < 1.29 is 46.9 Å². The molecular weight excluding hydrogens is 790 g/mol. The number of carbonyl (C=O) groups is 1. The first-order chi connectivity index (χ1) is 16.8. The first-order valence-electron chi connectivity index (χ1n) is 11.4. The summed E-state index contributed by atoms with van der Waals surface area (Å²) in [6.07, 6.45) is 0. The van der Waals surface area contributed by atoms with Gasteiger partial charge in [0.15, 0.2) is 0 Å². The van der Waals surface area contributed by atoms with Crippen LogP contribution in [-0.4, -0.2) is 50.8 Å². The normalized spacial score (nSPS) is 12.3. The maximum atomic E-state index is 10.9. The Morgan fingerprint density at radius 3 is 1.58 bits per heavy atom. The molecule has 0 radical (unpaired) electrons. The van der Waals surface area contributed by atoms with Gasteiger partial charge in [-0.2, -0.15) is 66.2 Å². The smallest absolute Gasteiger partial charge is 0.404 e. The Balaban J connectivity index is 0.000000481. The molecule has 186 valence electrons. The summed E-state index contributed by atoms with van der Waals surface area (Å²) in [5, 5.41) is 8.91. The first-order valence-corrected chi connectivity index (χ1v) is 11.4. The number of hydrogen-bond donors (Lipinski definition) is 3. The number of benzene rings is 3. The van der Waals surface area contributed by atoms with Gasteiger partial charge in [-0.1, -0.05) is 25.0 Å². The summed E-state index contributed by atoms with van der Waals surface area (Å²) in [5.41, 5.74) is 2.83. The Labute approximate surface area is 244 Å². The van der Waals surface area contributed by atoms with Crippen LogP contribution in [0.4, 0.5) is 0 Å². The molecule has 0 aromatic heterocycles. The predicted molar refractivity (Wildman–Crippen MR) is 138 cm³/mol. The van der Waals surface area contributed by atoms with Crippen LogP contribution in [0, 0.1) is 24.3 Å². The predicted octanol–water partition coefficient (Wildman–Crippen LogP) is 3.34. The van der Waals surface area contributed by atoms with Gasteiger partial charge in [0.1, 0.15) is 17.6 Å². The minimum absolute atomic E-state index is 0. The van der Waals surface area contributed by atoms with Crippen molar-refractivity contribution in [1.29, 1.82) is 0 Å². The molecule has 8 heteroatoms. The number of hydrogen-bond acceptors (Lipinski definition) is 5. The third-order valence-electron chi connectivity index (χ3n) is 4.45. The van der Waals surface area contributed by atoms with Gasteiger partial charge in [0.2, 0.25) is 0 Å². The van der Waals surface area contributed by atoms with Crippen LogP contribution in [-0.2, 0) is 42.1 Å². The average molecular weight is 821 g/mol. The number of carbonyl (C=O) groups excluding carboxylic acids is 1. The maximum Gasteiger partial charge on any atom is 2.00 e. The van der Waals surface area contributed by atoms with E-state index in [4.69, 9.17) is 0 Å². The molecule has 0 spiro atoms. The molecule has 3 aromatic rings. The molecule has 2 aliphatic rings. The molecule has 2 heterocycles. The number of aliphatic imine (C=N–C) groups is 2. The Morgan fingerprint density at radius 2 is 1.25 bits per heavy atom. The van der Waals surface area contributed by atoms with Crippen molar-refractivity contribution in [3.8, 4) is 0 Å². The van der Waals surface area contributed by atoms with Gasteiger partial charge in [0.25, 0.3) is 0 Å². The van der Waals surface area contributed by atoms with E-state index < -0.39 is 0 Å².